The van der Waals surface area contributed by atoms with Crippen LogP contribution >= 0.6 is 12.2 Å². The summed E-state index contributed by atoms with van der Waals surface area (Å²) in [4.78, 5) is 35.3. The maximum absolute atomic E-state index is 12.1. The van der Waals surface area contributed by atoms with Crippen molar-refractivity contribution in [3.63, 3.8) is 0 Å². The number of amides is 3. The largest absolute Gasteiger partial charge is 0.326 e. The molecule has 0 atom stereocenters. The first kappa shape index (κ1) is 20.1. The van der Waals surface area contributed by atoms with Crippen molar-refractivity contribution in [1.29, 1.82) is 0 Å². The zero-order valence-corrected chi connectivity index (χ0v) is 15.6. The molecule has 8 heteroatoms. The molecule has 0 aliphatic carbocycles. The Labute approximate surface area is 162 Å². The van der Waals surface area contributed by atoms with Crippen LogP contribution in [0.25, 0.3) is 0 Å². The van der Waals surface area contributed by atoms with Crippen LogP contribution in [0.3, 0.4) is 0 Å². The van der Waals surface area contributed by atoms with Gasteiger partial charge in [-0.05, 0) is 42.0 Å². The molecule has 0 saturated heterocycles. The van der Waals surface area contributed by atoms with Crippen molar-refractivity contribution in [3.8, 4) is 0 Å². The Morgan fingerprint density at radius 1 is 0.889 bits per heavy atom. The van der Waals surface area contributed by atoms with Gasteiger partial charge in [0.2, 0.25) is 11.8 Å². The quantitative estimate of drug-likeness (QED) is 0.466. The fourth-order valence-electron chi connectivity index (χ4n) is 2.12. The smallest absolute Gasteiger partial charge is 0.269 e. The Balaban J connectivity index is 1.78. The zero-order valence-electron chi connectivity index (χ0n) is 14.7. The molecular formula is C19H20N4O3S. The molecule has 0 radical (unpaired) electrons. The van der Waals surface area contributed by atoms with Crippen molar-refractivity contribution >= 4 is 40.7 Å². The Bertz CT molecular complexity index is 823. The number of thiocarbonyl (C=S) groups is 1. The summed E-state index contributed by atoms with van der Waals surface area (Å²) < 4.78 is 0. The number of benzene rings is 2. The molecule has 27 heavy (non-hydrogen) atoms. The first-order chi connectivity index (χ1) is 13.0. The van der Waals surface area contributed by atoms with E-state index < -0.39 is 5.91 Å². The molecule has 0 fully saturated rings. The molecule has 0 aromatic heterocycles. The summed E-state index contributed by atoms with van der Waals surface area (Å²) in [6.07, 6.45) is 0.557. The number of hydrazine groups is 1. The average molecular weight is 384 g/mol. The highest BCUT2D eigenvalue weighted by Crippen LogP contribution is 2.09. The van der Waals surface area contributed by atoms with E-state index in [4.69, 9.17) is 12.2 Å². The number of carbonyl (C=O) groups excluding carboxylic acids is 3. The SMILES string of the molecule is CCC(=O)Nc1ccc(C(=O)NNC(=S)NC(=O)Cc2ccccc2)cc1. The van der Waals surface area contributed by atoms with Gasteiger partial charge < -0.3 is 10.6 Å². The third-order valence-corrected chi connectivity index (χ3v) is 3.71. The van der Waals surface area contributed by atoms with E-state index in [0.717, 1.165) is 5.56 Å². The van der Waals surface area contributed by atoms with Gasteiger partial charge in [-0.15, -0.1) is 0 Å². The second kappa shape index (κ2) is 10.0. The van der Waals surface area contributed by atoms with Gasteiger partial charge in [-0.25, -0.2) is 0 Å². The van der Waals surface area contributed by atoms with Crippen molar-refractivity contribution in [2.45, 2.75) is 19.8 Å². The third kappa shape index (κ3) is 6.87. The standard InChI is InChI=1S/C19H20N4O3S/c1-2-16(24)20-15-10-8-14(9-11-15)18(26)22-23-19(27)21-17(25)12-13-6-4-3-5-7-13/h3-11H,2,12H2,1H3,(H,20,24)(H,22,26)(H2,21,23,25,27). The first-order valence-electron chi connectivity index (χ1n) is 8.32. The predicted octanol–water partition coefficient (Wildman–Crippen LogP) is 1.91. The van der Waals surface area contributed by atoms with Gasteiger partial charge in [0.05, 0.1) is 6.42 Å². The minimum Gasteiger partial charge on any atom is -0.326 e. The van der Waals surface area contributed by atoms with Crippen molar-refractivity contribution < 1.29 is 14.4 Å². The van der Waals surface area contributed by atoms with E-state index >= 15 is 0 Å². The number of hydrogen-bond acceptors (Lipinski definition) is 4. The maximum atomic E-state index is 12.1. The van der Waals surface area contributed by atoms with Gasteiger partial charge in [-0.1, -0.05) is 37.3 Å². The van der Waals surface area contributed by atoms with E-state index in [1.807, 2.05) is 30.3 Å². The summed E-state index contributed by atoms with van der Waals surface area (Å²) in [6.45, 7) is 1.75. The number of hydrogen-bond donors (Lipinski definition) is 4. The number of nitrogens with one attached hydrogen (secondary N) is 4. The van der Waals surface area contributed by atoms with Crippen molar-refractivity contribution in [3.05, 3.63) is 65.7 Å². The third-order valence-electron chi connectivity index (χ3n) is 3.50. The Kier molecular flexibility index (Phi) is 7.45. The molecule has 2 rings (SSSR count). The maximum Gasteiger partial charge on any atom is 0.269 e. The number of anilines is 1. The van der Waals surface area contributed by atoms with Crippen LogP contribution in [-0.4, -0.2) is 22.8 Å². The summed E-state index contributed by atoms with van der Waals surface area (Å²) >= 11 is 4.99. The molecule has 3 amide bonds. The van der Waals surface area contributed by atoms with Gasteiger partial charge in [0, 0.05) is 17.7 Å². The van der Waals surface area contributed by atoms with Gasteiger partial charge in [-0.3, -0.25) is 25.2 Å². The van der Waals surface area contributed by atoms with Gasteiger partial charge in [0.1, 0.15) is 0 Å². The molecular weight excluding hydrogens is 364 g/mol. The van der Waals surface area contributed by atoms with E-state index in [2.05, 4.69) is 21.5 Å². The van der Waals surface area contributed by atoms with Crippen LogP contribution in [0.5, 0.6) is 0 Å². The molecule has 4 N–H and O–H groups in total. The normalized spacial score (nSPS) is 9.81. The number of rotatable bonds is 5. The average Bonchev–Trinajstić information content (AvgIpc) is 2.67. The predicted molar refractivity (Wildman–Crippen MR) is 107 cm³/mol. The minimum absolute atomic E-state index is 0.00360. The number of carbonyl (C=O) groups is 3. The zero-order chi connectivity index (χ0) is 19.6. The molecule has 0 aliphatic rings. The van der Waals surface area contributed by atoms with E-state index in [-0.39, 0.29) is 23.3 Å². The van der Waals surface area contributed by atoms with E-state index in [0.29, 0.717) is 17.7 Å². The molecule has 0 spiro atoms. The van der Waals surface area contributed by atoms with Crippen LogP contribution in [0.4, 0.5) is 5.69 Å². The molecule has 0 heterocycles. The lowest BCUT2D eigenvalue weighted by atomic mass is 10.1. The van der Waals surface area contributed by atoms with Crippen LogP contribution in [0.1, 0.15) is 29.3 Å². The van der Waals surface area contributed by atoms with Crippen LogP contribution in [0.2, 0.25) is 0 Å². The Hall–Kier alpha value is -3.26. The highest BCUT2D eigenvalue weighted by molar-refractivity contribution is 7.80. The molecule has 7 nitrogen and oxygen atoms in total. The summed E-state index contributed by atoms with van der Waals surface area (Å²) in [5.74, 6) is -0.822. The van der Waals surface area contributed by atoms with E-state index in [9.17, 15) is 14.4 Å². The summed E-state index contributed by atoms with van der Waals surface area (Å²) in [5.41, 5.74) is 6.73. The second-order valence-corrected chi connectivity index (χ2v) is 6.01. The highest BCUT2D eigenvalue weighted by atomic mass is 32.1. The Morgan fingerprint density at radius 3 is 2.19 bits per heavy atom. The van der Waals surface area contributed by atoms with E-state index in [1.165, 1.54) is 0 Å². The van der Waals surface area contributed by atoms with Crippen LogP contribution < -0.4 is 21.5 Å². The van der Waals surface area contributed by atoms with Gasteiger partial charge >= 0.3 is 0 Å². The van der Waals surface area contributed by atoms with Crippen LogP contribution in [-0.2, 0) is 16.0 Å². The van der Waals surface area contributed by atoms with Crippen molar-refractivity contribution in [2.75, 3.05) is 5.32 Å². The summed E-state index contributed by atoms with van der Waals surface area (Å²) in [7, 11) is 0. The van der Waals surface area contributed by atoms with Crippen molar-refractivity contribution in [2.24, 2.45) is 0 Å². The molecule has 0 unspecified atom stereocenters. The minimum atomic E-state index is -0.428. The van der Waals surface area contributed by atoms with E-state index in [1.54, 1.807) is 31.2 Å². The first-order valence-corrected chi connectivity index (χ1v) is 8.72. The highest BCUT2D eigenvalue weighted by Gasteiger charge is 2.09. The fraction of sp³-hybridized carbons (Fsp3) is 0.158. The fourth-order valence-corrected chi connectivity index (χ4v) is 2.29. The summed E-state index contributed by atoms with van der Waals surface area (Å²) in [6, 6.07) is 15.6. The van der Waals surface area contributed by atoms with Crippen molar-refractivity contribution in [1.82, 2.24) is 16.2 Å². The lowest BCUT2D eigenvalue weighted by Crippen LogP contribution is -2.48. The Morgan fingerprint density at radius 2 is 1.56 bits per heavy atom. The molecule has 2 aromatic rings. The lowest BCUT2D eigenvalue weighted by Gasteiger charge is -2.11. The molecule has 2 aromatic carbocycles. The molecule has 140 valence electrons. The molecule has 0 bridgehead atoms. The molecule has 0 aliphatic heterocycles. The molecule has 0 saturated carbocycles. The summed E-state index contributed by atoms with van der Waals surface area (Å²) in [5, 5.41) is 5.18. The second-order valence-electron chi connectivity index (χ2n) is 5.60. The van der Waals surface area contributed by atoms with Gasteiger partial charge in [0.15, 0.2) is 5.11 Å². The van der Waals surface area contributed by atoms with Crippen LogP contribution in [0.15, 0.2) is 54.6 Å². The lowest BCUT2D eigenvalue weighted by molar-refractivity contribution is -0.119. The van der Waals surface area contributed by atoms with Gasteiger partial charge in [0.25, 0.3) is 5.91 Å². The monoisotopic (exact) mass is 384 g/mol. The van der Waals surface area contributed by atoms with Gasteiger partial charge in [-0.2, -0.15) is 0 Å². The van der Waals surface area contributed by atoms with Crippen LogP contribution in [0, 0.1) is 0 Å². The topological polar surface area (TPSA) is 99.3 Å².